The molecule has 10 heteroatoms. The van der Waals surface area contributed by atoms with Crippen LogP contribution in [0.1, 0.15) is 15.4 Å². The lowest BCUT2D eigenvalue weighted by molar-refractivity contribution is -0.113. The van der Waals surface area contributed by atoms with Crippen molar-refractivity contribution in [3.05, 3.63) is 62.4 Å². The van der Waals surface area contributed by atoms with Gasteiger partial charge in [-0.1, -0.05) is 35.6 Å². The molecule has 3 heterocycles. The predicted octanol–water partition coefficient (Wildman–Crippen LogP) is 5.63. The molecular formula is C18H9ClN2O3S4. The Kier molecular flexibility index (Phi) is 5.35. The first kappa shape index (κ1) is 19.3. The lowest BCUT2D eigenvalue weighted by atomic mass is 10.2. The number of benzene rings is 1. The van der Waals surface area contributed by atoms with Gasteiger partial charge in [0, 0.05) is 11.1 Å². The molecule has 1 aromatic carbocycles. The van der Waals surface area contributed by atoms with Gasteiger partial charge in [-0.3, -0.25) is 9.69 Å². The van der Waals surface area contributed by atoms with E-state index in [4.69, 9.17) is 28.9 Å². The number of carbonyl (C=O) groups excluding carboxylic acids is 1. The van der Waals surface area contributed by atoms with E-state index in [-0.39, 0.29) is 11.5 Å². The summed E-state index contributed by atoms with van der Waals surface area (Å²) >= 11 is 15.5. The average molecular weight is 465 g/mol. The summed E-state index contributed by atoms with van der Waals surface area (Å²) in [6.07, 6.45) is 3.47. The highest BCUT2D eigenvalue weighted by Crippen LogP contribution is 2.38. The van der Waals surface area contributed by atoms with Gasteiger partial charge in [0.25, 0.3) is 5.91 Å². The van der Waals surface area contributed by atoms with Gasteiger partial charge in [-0.05, 0) is 42.5 Å². The van der Waals surface area contributed by atoms with E-state index in [1.807, 2.05) is 12.1 Å². The Bertz CT molecular complexity index is 1130. The number of aromatic nitrogens is 1. The molecule has 5 nitrogen and oxygen atoms in total. The first-order valence-corrected chi connectivity index (χ1v) is 11.0. The van der Waals surface area contributed by atoms with Gasteiger partial charge in [-0.25, -0.2) is 9.78 Å². The molecule has 0 aliphatic carbocycles. The van der Waals surface area contributed by atoms with Gasteiger partial charge in [0.2, 0.25) is 0 Å². The largest absolute Gasteiger partial charge is 0.478 e. The van der Waals surface area contributed by atoms with Crippen LogP contribution in [0.5, 0.6) is 0 Å². The van der Waals surface area contributed by atoms with Crippen molar-refractivity contribution >= 4 is 86.2 Å². The van der Waals surface area contributed by atoms with Crippen molar-refractivity contribution in [3.8, 4) is 9.75 Å². The van der Waals surface area contributed by atoms with Crippen LogP contribution in [-0.2, 0) is 4.79 Å². The van der Waals surface area contributed by atoms with Crippen molar-refractivity contribution in [2.45, 2.75) is 0 Å². The van der Waals surface area contributed by atoms with Gasteiger partial charge in [0.15, 0.2) is 4.32 Å². The molecule has 0 radical (unpaired) electrons. The number of thiophene rings is 1. The highest BCUT2D eigenvalue weighted by Gasteiger charge is 2.33. The number of aromatic carboxylic acids is 1. The summed E-state index contributed by atoms with van der Waals surface area (Å²) < 4.78 is 1.10. The molecule has 0 atom stereocenters. The summed E-state index contributed by atoms with van der Waals surface area (Å²) in [6.45, 7) is 0. The Hall–Kier alpha value is -2.04. The quantitative estimate of drug-likeness (QED) is 0.398. The molecular weight excluding hydrogens is 456 g/mol. The zero-order chi connectivity index (χ0) is 19.8. The van der Waals surface area contributed by atoms with Crippen LogP contribution in [0.4, 0.5) is 5.69 Å². The number of amides is 1. The number of anilines is 1. The number of thiocarbonyl (C=S) groups is 1. The minimum Gasteiger partial charge on any atom is -0.478 e. The molecule has 28 heavy (non-hydrogen) atoms. The Labute approximate surface area is 182 Å². The van der Waals surface area contributed by atoms with E-state index < -0.39 is 5.97 Å². The number of carbonyl (C=O) groups is 2. The average Bonchev–Trinajstić information content (AvgIpc) is 3.36. The number of rotatable bonds is 4. The van der Waals surface area contributed by atoms with Crippen LogP contribution >= 0.6 is 58.3 Å². The second-order valence-electron chi connectivity index (χ2n) is 5.54. The summed E-state index contributed by atoms with van der Waals surface area (Å²) in [7, 11) is 0. The van der Waals surface area contributed by atoms with E-state index >= 15 is 0 Å². The highest BCUT2D eigenvalue weighted by atomic mass is 35.5. The topological polar surface area (TPSA) is 70.5 Å². The standard InChI is InChI=1S/C18H9ClN2O3S4/c19-14-6-5-11(26-14)13-8-20-15(27-13)7-12-16(22)21(18(25)28-12)10-3-1-9(2-4-10)17(23)24/h1-8H,(H,23,24). The molecule has 1 aliphatic heterocycles. The summed E-state index contributed by atoms with van der Waals surface area (Å²) in [5, 5.41) is 9.70. The fourth-order valence-electron chi connectivity index (χ4n) is 2.47. The van der Waals surface area contributed by atoms with E-state index in [1.54, 1.807) is 24.4 Å². The second kappa shape index (κ2) is 7.76. The summed E-state index contributed by atoms with van der Waals surface area (Å²) in [5.41, 5.74) is 0.678. The van der Waals surface area contributed by atoms with E-state index in [2.05, 4.69) is 4.98 Å². The number of nitrogens with zero attached hydrogens (tertiary/aromatic N) is 2. The van der Waals surface area contributed by atoms with Gasteiger partial charge in [-0.15, -0.1) is 22.7 Å². The van der Waals surface area contributed by atoms with Gasteiger partial charge in [0.1, 0.15) is 5.01 Å². The van der Waals surface area contributed by atoms with Crippen LogP contribution in [0.15, 0.2) is 47.5 Å². The Morgan fingerprint density at radius 3 is 2.54 bits per heavy atom. The number of carboxylic acid groups (broad SMARTS) is 1. The Balaban J connectivity index is 1.58. The van der Waals surface area contributed by atoms with Gasteiger partial charge in [-0.2, -0.15) is 0 Å². The van der Waals surface area contributed by atoms with Crippen LogP contribution in [0.3, 0.4) is 0 Å². The first-order valence-electron chi connectivity index (χ1n) is 7.75. The molecule has 1 aliphatic rings. The number of thioether (sulfide) groups is 1. The Morgan fingerprint density at radius 2 is 1.89 bits per heavy atom. The van der Waals surface area contributed by atoms with Crippen LogP contribution in [-0.4, -0.2) is 26.3 Å². The maximum absolute atomic E-state index is 12.8. The van der Waals surface area contributed by atoms with Crippen LogP contribution in [0.25, 0.3) is 15.8 Å². The van der Waals surface area contributed by atoms with Crippen molar-refractivity contribution in [1.82, 2.24) is 4.98 Å². The third kappa shape index (κ3) is 3.76. The van der Waals surface area contributed by atoms with E-state index in [0.717, 1.165) is 9.75 Å². The first-order chi connectivity index (χ1) is 13.4. The molecule has 2 aromatic heterocycles. The van der Waals surface area contributed by atoms with Gasteiger partial charge in [0.05, 0.1) is 25.4 Å². The molecule has 0 spiro atoms. The SMILES string of the molecule is O=C(O)c1ccc(N2C(=O)C(=Cc3ncc(-c4ccc(Cl)s4)s3)SC2=S)cc1. The lowest BCUT2D eigenvalue weighted by Crippen LogP contribution is -2.27. The summed E-state index contributed by atoms with van der Waals surface area (Å²) in [4.78, 5) is 32.0. The minimum absolute atomic E-state index is 0.147. The van der Waals surface area contributed by atoms with Crippen LogP contribution < -0.4 is 4.90 Å². The zero-order valence-electron chi connectivity index (χ0n) is 13.8. The number of thiazole rings is 1. The molecule has 4 rings (SSSR count). The normalized spacial score (nSPS) is 15.6. The summed E-state index contributed by atoms with van der Waals surface area (Å²) in [6, 6.07) is 9.79. The van der Waals surface area contributed by atoms with Crippen molar-refractivity contribution in [1.29, 1.82) is 0 Å². The molecule has 1 N–H and O–H groups in total. The Morgan fingerprint density at radius 1 is 1.14 bits per heavy atom. The molecule has 140 valence electrons. The van der Waals surface area contributed by atoms with E-state index in [9.17, 15) is 9.59 Å². The van der Waals surface area contributed by atoms with Crippen molar-refractivity contribution in [2.24, 2.45) is 0 Å². The second-order valence-corrected chi connectivity index (χ2v) is 9.99. The number of hydrogen-bond acceptors (Lipinski definition) is 7. The molecule has 1 saturated heterocycles. The maximum atomic E-state index is 12.8. The van der Waals surface area contributed by atoms with Crippen LogP contribution in [0, 0.1) is 0 Å². The number of halogens is 1. The van der Waals surface area contributed by atoms with E-state index in [0.29, 0.717) is 24.3 Å². The van der Waals surface area contributed by atoms with Gasteiger partial charge >= 0.3 is 5.97 Å². The molecule has 0 saturated carbocycles. The molecule has 1 amide bonds. The predicted molar refractivity (Wildman–Crippen MR) is 119 cm³/mol. The van der Waals surface area contributed by atoms with Crippen molar-refractivity contribution in [2.75, 3.05) is 4.90 Å². The monoisotopic (exact) mass is 464 g/mol. The van der Waals surface area contributed by atoms with Crippen molar-refractivity contribution < 1.29 is 14.7 Å². The maximum Gasteiger partial charge on any atom is 0.335 e. The van der Waals surface area contributed by atoms with Crippen LogP contribution in [0.2, 0.25) is 4.34 Å². The fourth-order valence-corrected chi connectivity index (χ4v) is 5.80. The smallest absolute Gasteiger partial charge is 0.335 e. The number of hydrogen-bond donors (Lipinski definition) is 1. The van der Waals surface area contributed by atoms with Gasteiger partial charge < -0.3 is 5.11 Å². The number of carboxylic acids is 1. The fraction of sp³-hybridized carbons (Fsp3) is 0. The molecule has 0 bridgehead atoms. The van der Waals surface area contributed by atoms with E-state index in [1.165, 1.54) is 51.5 Å². The third-order valence-electron chi connectivity index (χ3n) is 3.76. The summed E-state index contributed by atoms with van der Waals surface area (Å²) in [5.74, 6) is -1.28. The lowest BCUT2D eigenvalue weighted by Gasteiger charge is -2.14. The zero-order valence-corrected chi connectivity index (χ0v) is 17.8. The highest BCUT2D eigenvalue weighted by molar-refractivity contribution is 8.27. The minimum atomic E-state index is -1.02. The third-order valence-corrected chi connectivity index (χ3v) is 7.43. The molecule has 0 unspecified atom stereocenters. The molecule has 1 fully saturated rings. The van der Waals surface area contributed by atoms with Crippen molar-refractivity contribution in [3.63, 3.8) is 0 Å². The molecule has 3 aromatic rings.